The second-order valence-electron chi connectivity index (χ2n) is 6.92. The van der Waals surface area contributed by atoms with Gasteiger partial charge in [-0.3, -0.25) is 4.40 Å². The summed E-state index contributed by atoms with van der Waals surface area (Å²) in [6.45, 7) is 8.72. The Labute approximate surface area is 129 Å². The van der Waals surface area contributed by atoms with Crippen LogP contribution >= 0.6 is 0 Å². The Bertz CT molecular complexity index is 1020. The fraction of sp³-hybridized carbons (Fsp3) is 0.263. The van der Waals surface area contributed by atoms with Gasteiger partial charge in [0.05, 0.1) is 16.6 Å². The molecule has 0 amide bonds. The first-order valence-electron chi connectivity index (χ1n) is 7.64. The highest BCUT2D eigenvalue weighted by Crippen LogP contribution is 2.31. The van der Waals surface area contributed by atoms with Crippen LogP contribution in [0.2, 0.25) is 0 Å². The topological polar surface area (TPSA) is 30.2 Å². The predicted octanol–water partition coefficient (Wildman–Crippen LogP) is 4.64. The van der Waals surface area contributed by atoms with Gasteiger partial charge in [-0.15, -0.1) is 0 Å². The van der Waals surface area contributed by atoms with Gasteiger partial charge in [-0.1, -0.05) is 45.0 Å². The second-order valence-corrected chi connectivity index (χ2v) is 6.92. The van der Waals surface area contributed by atoms with Gasteiger partial charge in [0, 0.05) is 10.8 Å². The molecule has 0 unspecified atom stereocenters. The smallest absolute Gasteiger partial charge is 0.148 e. The van der Waals surface area contributed by atoms with Crippen LogP contribution < -0.4 is 0 Å². The minimum absolute atomic E-state index is 0.0573. The van der Waals surface area contributed by atoms with Crippen LogP contribution in [0.1, 0.15) is 32.2 Å². The molecule has 0 bridgehead atoms. The summed E-state index contributed by atoms with van der Waals surface area (Å²) in [5.41, 5.74) is 5.33. The van der Waals surface area contributed by atoms with E-state index in [-0.39, 0.29) is 5.41 Å². The summed E-state index contributed by atoms with van der Waals surface area (Å²) in [6.07, 6.45) is 0. The number of nitrogens with zero attached hydrogens (tertiary/aromatic N) is 3. The van der Waals surface area contributed by atoms with Crippen molar-refractivity contribution in [1.29, 1.82) is 0 Å². The number of imidazole rings is 1. The van der Waals surface area contributed by atoms with Crippen molar-refractivity contribution in [2.75, 3.05) is 0 Å². The van der Waals surface area contributed by atoms with E-state index in [0.717, 1.165) is 33.4 Å². The largest absolute Gasteiger partial charge is 0.279 e. The maximum atomic E-state index is 5.02. The van der Waals surface area contributed by atoms with Gasteiger partial charge >= 0.3 is 0 Å². The highest BCUT2D eigenvalue weighted by molar-refractivity contribution is 5.97. The van der Waals surface area contributed by atoms with Crippen LogP contribution in [0.3, 0.4) is 0 Å². The minimum Gasteiger partial charge on any atom is -0.279 e. The van der Waals surface area contributed by atoms with Crippen molar-refractivity contribution in [2.24, 2.45) is 0 Å². The number of aromatic nitrogens is 3. The molecule has 0 saturated carbocycles. The number of rotatable bonds is 0. The molecule has 0 radical (unpaired) electrons. The van der Waals surface area contributed by atoms with Crippen LogP contribution in [0.25, 0.3) is 27.6 Å². The lowest BCUT2D eigenvalue weighted by Crippen LogP contribution is -2.19. The fourth-order valence-corrected chi connectivity index (χ4v) is 3.07. The molecule has 2 aromatic heterocycles. The molecule has 4 aromatic rings. The van der Waals surface area contributed by atoms with E-state index in [1.54, 1.807) is 0 Å². The molecule has 4 rings (SSSR count). The third kappa shape index (κ3) is 1.75. The number of para-hydroxylation sites is 3. The third-order valence-electron chi connectivity index (χ3n) is 4.14. The van der Waals surface area contributed by atoms with Gasteiger partial charge in [-0.05, 0) is 30.7 Å². The SMILES string of the molecule is Cc1cccc2c1nc(C(C)(C)C)n1c3ccccc3nc21. The van der Waals surface area contributed by atoms with Gasteiger partial charge in [-0.2, -0.15) is 0 Å². The van der Waals surface area contributed by atoms with Crippen LogP contribution in [-0.2, 0) is 5.41 Å². The van der Waals surface area contributed by atoms with Crippen LogP contribution in [0, 0.1) is 6.92 Å². The number of hydrogen-bond donors (Lipinski definition) is 0. The summed E-state index contributed by atoms with van der Waals surface area (Å²) in [4.78, 5) is 9.90. The zero-order valence-corrected chi connectivity index (χ0v) is 13.4. The number of hydrogen-bond acceptors (Lipinski definition) is 2. The molecule has 110 valence electrons. The Balaban J connectivity index is 2.35. The zero-order chi connectivity index (χ0) is 15.5. The molecule has 2 aromatic carbocycles. The average Bonchev–Trinajstić information content (AvgIpc) is 2.85. The molecule has 0 aliphatic rings. The van der Waals surface area contributed by atoms with Crippen molar-refractivity contribution in [3.8, 4) is 0 Å². The van der Waals surface area contributed by atoms with E-state index in [1.165, 1.54) is 5.56 Å². The molecule has 0 N–H and O–H groups in total. The Hall–Kier alpha value is -2.42. The molecule has 0 saturated heterocycles. The number of benzene rings is 2. The van der Waals surface area contributed by atoms with Crippen molar-refractivity contribution in [3.63, 3.8) is 0 Å². The molecule has 0 fully saturated rings. The van der Waals surface area contributed by atoms with Crippen LogP contribution in [0.5, 0.6) is 0 Å². The summed E-state index contributed by atoms with van der Waals surface area (Å²) in [5.74, 6) is 1.05. The van der Waals surface area contributed by atoms with E-state index in [2.05, 4.69) is 68.5 Å². The lowest BCUT2D eigenvalue weighted by atomic mass is 9.95. The first-order valence-corrected chi connectivity index (χ1v) is 7.64. The van der Waals surface area contributed by atoms with E-state index >= 15 is 0 Å². The van der Waals surface area contributed by atoms with Crippen molar-refractivity contribution in [3.05, 3.63) is 53.9 Å². The third-order valence-corrected chi connectivity index (χ3v) is 4.14. The van der Waals surface area contributed by atoms with Crippen molar-refractivity contribution < 1.29 is 0 Å². The lowest BCUT2D eigenvalue weighted by Gasteiger charge is -2.21. The van der Waals surface area contributed by atoms with E-state index in [1.807, 2.05) is 6.07 Å². The van der Waals surface area contributed by atoms with Crippen molar-refractivity contribution in [2.45, 2.75) is 33.1 Å². The van der Waals surface area contributed by atoms with Gasteiger partial charge in [0.2, 0.25) is 0 Å². The zero-order valence-electron chi connectivity index (χ0n) is 13.4. The molecule has 3 nitrogen and oxygen atoms in total. The molecule has 0 aliphatic heterocycles. The van der Waals surface area contributed by atoms with Crippen LogP contribution in [0.4, 0.5) is 0 Å². The standard InChI is InChI=1S/C19H19N3/c1-12-8-7-9-13-16(12)21-18(19(2,3)4)22-15-11-6-5-10-14(15)20-17(13)22/h5-11H,1-4H3. The molecule has 2 heterocycles. The van der Waals surface area contributed by atoms with Crippen LogP contribution in [-0.4, -0.2) is 14.4 Å². The first kappa shape index (κ1) is 13.3. The van der Waals surface area contributed by atoms with E-state index in [9.17, 15) is 0 Å². The van der Waals surface area contributed by atoms with Gasteiger partial charge in [0.1, 0.15) is 11.5 Å². The highest BCUT2D eigenvalue weighted by atomic mass is 15.1. The second kappa shape index (κ2) is 4.29. The number of aryl methyl sites for hydroxylation is 1. The fourth-order valence-electron chi connectivity index (χ4n) is 3.07. The summed E-state index contributed by atoms with van der Waals surface area (Å²) >= 11 is 0. The summed E-state index contributed by atoms with van der Waals surface area (Å²) in [7, 11) is 0. The van der Waals surface area contributed by atoms with E-state index in [0.29, 0.717) is 0 Å². The summed E-state index contributed by atoms with van der Waals surface area (Å²) in [5, 5.41) is 1.12. The molecular weight excluding hydrogens is 270 g/mol. The summed E-state index contributed by atoms with van der Waals surface area (Å²) in [6, 6.07) is 14.6. The van der Waals surface area contributed by atoms with E-state index < -0.39 is 0 Å². The first-order chi connectivity index (χ1) is 10.5. The van der Waals surface area contributed by atoms with Gasteiger partial charge in [-0.25, -0.2) is 9.97 Å². The molecular formula is C19H19N3. The molecule has 3 heteroatoms. The quantitative estimate of drug-likeness (QED) is 0.472. The average molecular weight is 289 g/mol. The van der Waals surface area contributed by atoms with E-state index in [4.69, 9.17) is 9.97 Å². The monoisotopic (exact) mass is 289 g/mol. The van der Waals surface area contributed by atoms with Gasteiger partial charge in [0.15, 0.2) is 0 Å². The Morgan fingerprint density at radius 3 is 2.45 bits per heavy atom. The van der Waals surface area contributed by atoms with Crippen LogP contribution in [0.15, 0.2) is 42.5 Å². The normalized spacial score (nSPS) is 12.5. The van der Waals surface area contributed by atoms with Crippen molar-refractivity contribution >= 4 is 27.6 Å². The Kier molecular flexibility index (Phi) is 2.59. The Morgan fingerprint density at radius 2 is 1.68 bits per heavy atom. The van der Waals surface area contributed by atoms with Crippen molar-refractivity contribution in [1.82, 2.24) is 14.4 Å². The minimum atomic E-state index is -0.0573. The van der Waals surface area contributed by atoms with Gasteiger partial charge < -0.3 is 0 Å². The highest BCUT2D eigenvalue weighted by Gasteiger charge is 2.23. The van der Waals surface area contributed by atoms with Gasteiger partial charge in [0.25, 0.3) is 0 Å². The molecule has 22 heavy (non-hydrogen) atoms. The predicted molar refractivity (Wildman–Crippen MR) is 91.4 cm³/mol. The Morgan fingerprint density at radius 1 is 0.909 bits per heavy atom. The summed E-state index contributed by atoms with van der Waals surface area (Å²) < 4.78 is 2.22. The lowest BCUT2D eigenvalue weighted by molar-refractivity contribution is 0.542. The number of fused-ring (bicyclic) bond motifs is 5. The molecule has 0 aliphatic carbocycles. The maximum Gasteiger partial charge on any atom is 0.148 e. The molecule has 0 spiro atoms. The molecule has 0 atom stereocenters. The maximum absolute atomic E-state index is 5.02.